The first kappa shape index (κ1) is 18.5. The summed E-state index contributed by atoms with van der Waals surface area (Å²) in [6.07, 6.45) is 6.86. The molecule has 1 fully saturated rings. The van der Waals surface area contributed by atoms with Crippen LogP contribution in [0.2, 0.25) is 0 Å². The van der Waals surface area contributed by atoms with E-state index in [0.29, 0.717) is 18.7 Å². The van der Waals surface area contributed by atoms with E-state index in [9.17, 15) is 4.79 Å². The molecule has 4 heterocycles. The van der Waals surface area contributed by atoms with Crippen molar-refractivity contribution in [2.75, 3.05) is 31.1 Å². The average Bonchev–Trinajstić information content (AvgIpc) is 3.10. The van der Waals surface area contributed by atoms with Crippen LogP contribution in [0.3, 0.4) is 0 Å². The third-order valence-corrected chi connectivity index (χ3v) is 7.19. The summed E-state index contributed by atoms with van der Waals surface area (Å²) in [6, 6.07) is 3.56. The summed E-state index contributed by atoms with van der Waals surface area (Å²) in [5.41, 5.74) is 2.17. The van der Waals surface area contributed by atoms with Crippen LogP contribution in [0.5, 0.6) is 0 Å². The second-order valence-corrected chi connectivity index (χ2v) is 9.23. The summed E-state index contributed by atoms with van der Waals surface area (Å²) in [6.45, 7) is 7.31. The van der Waals surface area contributed by atoms with E-state index < -0.39 is 0 Å². The molecule has 5 rings (SSSR count). The summed E-state index contributed by atoms with van der Waals surface area (Å²) < 4.78 is 0. The third kappa shape index (κ3) is 3.37. The predicted octanol–water partition coefficient (Wildman–Crippen LogP) is 3.48. The van der Waals surface area contributed by atoms with Crippen LogP contribution in [0.1, 0.15) is 40.0 Å². The number of carbonyl (C=O) groups excluding carboxylic acids is 1. The van der Waals surface area contributed by atoms with Gasteiger partial charge in [-0.1, -0.05) is 6.92 Å². The van der Waals surface area contributed by atoms with Crippen LogP contribution in [0.25, 0.3) is 10.2 Å². The van der Waals surface area contributed by atoms with Crippen molar-refractivity contribution in [1.29, 1.82) is 0 Å². The molecule has 0 spiro atoms. The minimum atomic E-state index is 0.0814. The Balaban J connectivity index is 1.41. The molecule has 1 atom stereocenters. The van der Waals surface area contributed by atoms with E-state index in [0.717, 1.165) is 48.3 Å². The lowest BCUT2D eigenvalue weighted by Crippen LogP contribution is -2.49. The number of rotatable bonds is 2. The monoisotopic (exact) mass is 407 g/mol. The number of piperazine rings is 1. The highest BCUT2D eigenvalue weighted by Crippen LogP contribution is 2.41. The quantitative estimate of drug-likeness (QED) is 0.651. The number of fused-ring (bicyclic) bond motifs is 3. The van der Waals surface area contributed by atoms with Crippen molar-refractivity contribution in [3.8, 4) is 0 Å². The molecule has 0 saturated carbocycles. The molecule has 1 aliphatic carbocycles. The standard InChI is InChI=1S/C22H25N5OS/c1-14-3-4-17-18(13-14)29-21-19(17)20(24-15(2)25-21)26-9-11-27(12-10-26)22(28)16-5-7-23-8-6-16/h5-8,14H,3-4,9-13H2,1-2H3/t14-/m1/s1. The van der Waals surface area contributed by atoms with Crippen molar-refractivity contribution >= 4 is 33.3 Å². The maximum atomic E-state index is 12.7. The number of hydrogen-bond acceptors (Lipinski definition) is 6. The fraction of sp³-hybridized carbons (Fsp3) is 0.455. The van der Waals surface area contributed by atoms with Crippen molar-refractivity contribution < 1.29 is 4.79 Å². The molecule has 3 aromatic rings. The second kappa shape index (κ2) is 7.37. The van der Waals surface area contributed by atoms with Crippen LogP contribution in [-0.2, 0) is 12.8 Å². The Bertz CT molecular complexity index is 1060. The number of pyridine rings is 1. The molecule has 0 unspecified atom stereocenters. The van der Waals surface area contributed by atoms with Gasteiger partial charge in [-0.15, -0.1) is 11.3 Å². The third-order valence-electron chi connectivity index (χ3n) is 6.04. The van der Waals surface area contributed by atoms with E-state index in [-0.39, 0.29) is 5.91 Å². The Morgan fingerprint density at radius 1 is 1.14 bits per heavy atom. The molecule has 150 valence electrons. The molecule has 7 heteroatoms. The molecule has 3 aromatic heterocycles. The van der Waals surface area contributed by atoms with Gasteiger partial charge in [-0.25, -0.2) is 9.97 Å². The van der Waals surface area contributed by atoms with Gasteiger partial charge in [0.05, 0.1) is 5.39 Å². The van der Waals surface area contributed by atoms with E-state index in [1.165, 1.54) is 22.2 Å². The molecular formula is C22H25N5OS. The van der Waals surface area contributed by atoms with Gasteiger partial charge in [0.2, 0.25) is 0 Å². The highest BCUT2D eigenvalue weighted by Gasteiger charge is 2.28. The Kier molecular flexibility index (Phi) is 4.70. The van der Waals surface area contributed by atoms with Gasteiger partial charge in [-0.2, -0.15) is 0 Å². The maximum Gasteiger partial charge on any atom is 0.254 e. The van der Waals surface area contributed by atoms with Gasteiger partial charge >= 0.3 is 0 Å². The number of nitrogens with zero attached hydrogens (tertiary/aromatic N) is 5. The lowest BCUT2D eigenvalue weighted by Gasteiger charge is -2.36. The van der Waals surface area contributed by atoms with Crippen molar-refractivity contribution in [1.82, 2.24) is 19.9 Å². The Morgan fingerprint density at radius 2 is 1.90 bits per heavy atom. The zero-order valence-electron chi connectivity index (χ0n) is 16.9. The van der Waals surface area contributed by atoms with Gasteiger partial charge in [-0.05, 0) is 49.8 Å². The lowest BCUT2D eigenvalue weighted by molar-refractivity contribution is 0.0746. The van der Waals surface area contributed by atoms with E-state index in [1.54, 1.807) is 24.5 Å². The zero-order valence-corrected chi connectivity index (χ0v) is 17.7. The van der Waals surface area contributed by atoms with Gasteiger partial charge in [0, 0.05) is 49.0 Å². The molecule has 2 aliphatic rings. The molecule has 29 heavy (non-hydrogen) atoms. The van der Waals surface area contributed by atoms with Crippen molar-refractivity contribution in [2.45, 2.75) is 33.1 Å². The van der Waals surface area contributed by atoms with E-state index in [4.69, 9.17) is 9.97 Å². The van der Waals surface area contributed by atoms with Crippen molar-refractivity contribution in [3.05, 3.63) is 46.4 Å². The Hall–Kier alpha value is -2.54. The summed E-state index contributed by atoms with van der Waals surface area (Å²) in [7, 11) is 0. The molecule has 0 radical (unpaired) electrons. The normalized spacial score (nSPS) is 19.4. The predicted molar refractivity (Wildman–Crippen MR) is 116 cm³/mol. The molecule has 0 bridgehead atoms. The van der Waals surface area contributed by atoms with Crippen LogP contribution in [-0.4, -0.2) is 51.9 Å². The summed E-state index contributed by atoms with van der Waals surface area (Å²) >= 11 is 1.85. The van der Waals surface area contributed by atoms with Gasteiger partial charge < -0.3 is 9.80 Å². The molecular weight excluding hydrogens is 382 g/mol. The molecule has 0 aromatic carbocycles. The smallest absolute Gasteiger partial charge is 0.254 e. The minimum absolute atomic E-state index is 0.0814. The van der Waals surface area contributed by atoms with Gasteiger partial charge in [0.15, 0.2) is 0 Å². The average molecular weight is 408 g/mol. The lowest BCUT2D eigenvalue weighted by atomic mass is 9.89. The molecule has 1 amide bonds. The number of amides is 1. The van der Waals surface area contributed by atoms with Gasteiger partial charge in [0.25, 0.3) is 5.91 Å². The number of aryl methyl sites for hydroxylation is 2. The van der Waals surface area contributed by atoms with Crippen molar-refractivity contribution in [3.63, 3.8) is 0 Å². The van der Waals surface area contributed by atoms with Crippen LogP contribution in [0.4, 0.5) is 5.82 Å². The zero-order chi connectivity index (χ0) is 20.0. The molecule has 0 N–H and O–H groups in total. The minimum Gasteiger partial charge on any atom is -0.352 e. The summed E-state index contributed by atoms with van der Waals surface area (Å²) in [4.78, 5) is 33.3. The highest BCUT2D eigenvalue weighted by atomic mass is 32.1. The SMILES string of the molecule is Cc1nc(N2CCN(C(=O)c3ccncc3)CC2)c2c3c(sc2n1)C[C@H](C)CC3. The topological polar surface area (TPSA) is 62.2 Å². The van der Waals surface area contributed by atoms with Gasteiger partial charge in [0.1, 0.15) is 16.5 Å². The first-order chi connectivity index (χ1) is 14.1. The summed E-state index contributed by atoms with van der Waals surface area (Å²) in [5.74, 6) is 2.72. The van der Waals surface area contributed by atoms with Crippen LogP contribution >= 0.6 is 11.3 Å². The van der Waals surface area contributed by atoms with Gasteiger partial charge in [-0.3, -0.25) is 9.78 Å². The second-order valence-electron chi connectivity index (χ2n) is 8.14. The van der Waals surface area contributed by atoms with Crippen molar-refractivity contribution in [2.24, 2.45) is 5.92 Å². The fourth-order valence-electron chi connectivity index (χ4n) is 4.45. The first-order valence-electron chi connectivity index (χ1n) is 10.3. The molecule has 1 saturated heterocycles. The van der Waals surface area contributed by atoms with Crippen LogP contribution in [0, 0.1) is 12.8 Å². The largest absolute Gasteiger partial charge is 0.352 e. The van der Waals surface area contributed by atoms with E-state index in [2.05, 4.69) is 16.8 Å². The Morgan fingerprint density at radius 3 is 2.66 bits per heavy atom. The highest BCUT2D eigenvalue weighted by molar-refractivity contribution is 7.19. The number of carbonyl (C=O) groups is 1. The molecule has 1 aliphatic heterocycles. The number of thiophene rings is 1. The molecule has 6 nitrogen and oxygen atoms in total. The Labute approximate surface area is 174 Å². The fourth-order valence-corrected chi connectivity index (χ4v) is 5.88. The van der Waals surface area contributed by atoms with Crippen LogP contribution in [0.15, 0.2) is 24.5 Å². The van der Waals surface area contributed by atoms with Crippen LogP contribution < -0.4 is 4.90 Å². The van der Waals surface area contributed by atoms with E-state index in [1.807, 2.05) is 23.2 Å². The maximum absolute atomic E-state index is 12.7. The summed E-state index contributed by atoms with van der Waals surface area (Å²) in [5, 5.41) is 1.26. The first-order valence-corrected chi connectivity index (χ1v) is 11.1. The van der Waals surface area contributed by atoms with E-state index >= 15 is 0 Å². The number of hydrogen-bond donors (Lipinski definition) is 0. The number of aromatic nitrogens is 3. The number of anilines is 1.